The Labute approximate surface area is 150 Å². The summed E-state index contributed by atoms with van der Waals surface area (Å²) in [7, 11) is 2.09. The number of hydrogen-bond donors (Lipinski definition) is 1. The van der Waals surface area contributed by atoms with Gasteiger partial charge in [-0.25, -0.2) is 4.39 Å². The van der Waals surface area contributed by atoms with Gasteiger partial charge in [0.15, 0.2) is 11.5 Å². The lowest BCUT2D eigenvalue weighted by Gasteiger charge is -2.34. The molecule has 0 spiro atoms. The normalized spacial score (nSPS) is 19.6. The minimum absolute atomic E-state index is 0.0797. The van der Waals surface area contributed by atoms with E-state index >= 15 is 0 Å². The van der Waals surface area contributed by atoms with Crippen molar-refractivity contribution in [3.05, 3.63) is 42.2 Å². The summed E-state index contributed by atoms with van der Waals surface area (Å²) in [6.07, 6.45) is 0.0817. The summed E-state index contributed by atoms with van der Waals surface area (Å²) in [6, 6.07) is 10.2. The van der Waals surface area contributed by atoms with Gasteiger partial charge in [0.05, 0.1) is 24.3 Å². The highest BCUT2D eigenvalue weighted by Crippen LogP contribution is 2.21. The Morgan fingerprint density at radius 3 is 2.88 bits per heavy atom. The molecule has 26 heavy (non-hydrogen) atoms. The van der Waals surface area contributed by atoms with Crippen LogP contribution in [0, 0.1) is 5.82 Å². The molecular formula is C18H21FN6O. The first-order chi connectivity index (χ1) is 12.6. The van der Waals surface area contributed by atoms with Crippen LogP contribution in [0.2, 0.25) is 0 Å². The molecule has 136 valence electrons. The van der Waals surface area contributed by atoms with Crippen molar-refractivity contribution in [2.24, 2.45) is 0 Å². The highest BCUT2D eigenvalue weighted by Gasteiger charge is 2.24. The minimum Gasteiger partial charge on any atom is -0.373 e. The summed E-state index contributed by atoms with van der Waals surface area (Å²) >= 11 is 0. The van der Waals surface area contributed by atoms with Crippen molar-refractivity contribution in [3.63, 3.8) is 0 Å². The van der Waals surface area contributed by atoms with Gasteiger partial charge in [-0.1, -0.05) is 12.1 Å². The van der Waals surface area contributed by atoms with Crippen LogP contribution in [-0.4, -0.2) is 63.6 Å². The molecule has 2 atom stereocenters. The number of aromatic nitrogens is 4. The van der Waals surface area contributed by atoms with E-state index in [0.29, 0.717) is 22.9 Å². The van der Waals surface area contributed by atoms with Crippen molar-refractivity contribution in [2.75, 3.05) is 32.1 Å². The average molecular weight is 356 g/mol. The lowest BCUT2D eigenvalue weighted by Crippen LogP contribution is -2.47. The van der Waals surface area contributed by atoms with Crippen molar-refractivity contribution >= 4 is 11.5 Å². The number of hydrogen-bond acceptors (Lipinski definition) is 6. The topological polar surface area (TPSA) is 67.6 Å². The van der Waals surface area contributed by atoms with E-state index in [4.69, 9.17) is 4.74 Å². The number of anilines is 1. The number of nitrogens with one attached hydrogen (secondary N) is 1. The van der Waals surface area contributed by atoms with Gasteiger partial charge in [-0.15, -0.1) is 15.3 Å². The lowest BCUT2D eigenvalue weighted by atomic mass is 10.1. The largest absolute Gasteiger partial charge is 0.373 e. The van der Waals surface area contributed by atoms with E-state index in [1.807, 2.05) is 12.1 Å². The van der Waals surface area contributed by atoms with Gasteiger partial charge < -0.3 is 15.0 Å². The molecule has 2 aromatic heterocycles. The summed E-state index contributed by atoms with van der Waals surface area (Å²) in [5.74, 6) is 0.691. The van der Waals surface area contributed by atoms with Gasteiger partial charge >= 0.3 is 0 Å². The zero-order valence-corrected chi connectivity index (χ0v) is 14.8. The van der Waals surface area contributed by atoms with Crippen LogP contribution in [0.4, 0.5) is 10.2 Å². The van der Waals surface area contributed by atoms with Crippen molar-refractivity contribution in [1.82, 2.24) is 24.7 Å². The Kier molecular flexibility index (Phi) is 4.52. The zero-order chi connectivity index (χ0) is 18.1. The minimum atomic E-state index is -0.353. The molecule has 1 aliphatic heterocycles. The van der Waals surface area contributed by atoms with Gasteiger partial charge in [0.2, 0.25) is 0 Å². The van der Waals surface area contributed by atoms with Crippen molar-refractivity contribution in [1.29, 1.82) is 0 Å². The predicted molar refractivity (Wildman–Crippen MR) is 96.5 cm³/mol. The van der Waals surface area contributed by atoms with Crippen molar-refractivity contribution < 1.29 is 9.13 Å². The van der Waals surface area contributed by atoms with E-state index in [1.165, 1.54) is 6.07 Å². The molecule has 1 aliphatic rings. The molecule has 3 aromatic rings. The third-order valence-corrected chi connectivity index (χ3v) is 4.61. The molecule has 1 aromatic carbocycles. The van der Waals surface area contributed by atoms with Crippen LogP contribution < -0.4 is 5.32 Å². The summed E-state index contributed by atoms with van der Waals surface area (Å²) in [6.45, 7) is 4.60. The number of nitrogens with zero attached hydrogens (tertiary/aromatic N) is 5. The quantitative estimate of drug-likeness (QED) is 0.772. The highest BCUT2D eigenvalue weighted by atomic mass is 19.1. The average Bonchev–Trinajstić information content (AvgIpc) is 3.05. The first-order valence-corrected chi connectivity index (χ1v) is 8.66. The molecule has 0 radical (unpaired) electrons. The fourth-order valence-electron chi connectivity index (χ4n) is 3.12. The van der Waals surface area contributed by atoms with Crippen LogP contribution >= 0.6 is 0 Å². The van der Waals surface area contributed by atoms with Gasteiger partial charge in [0.25, 0.3) is 0 Å². The molecule has 2 unspecified atom stereocenters. The molecule has 0 aliphatic carbocycles. The van der Waals surface area contributed by atoms with Gasteiger partial charge in [-0.2, -0.15) is 4.52 Å². The molecule has 1 fully saturated rings. The van der Waals surface area contributed by atoms with E-state index in [-0.39, 0.29) is 18.0 Å². The first-order valence-electron chi connectivity index (χ1n) is 8.66. The second-order valence-electron chi connectivity index (χ2n) is 6.60. The Morgan fingerprint density at radius 2 is 2.08 bits per heavy atom. The number of likely N-dealkylation sites (N-methyl/N-ethyl adjacent to an activating group) is 1. The molecule has 0 amide bonds. The number of halogens is 1. The molecule has 1 N–H and O–H groups in total. The SMILES string of the molecule is CC(Nc1ccc2nnc(-c3ccccc3F)n2n1)C1CN(C)CCO1. The maximum Gasteiger partial charge on any atom is 0.188 e. The standard InChI is InChI=1S/C18H21FN6O/c1-12(15-11-24(2)9-10-26-15)20-16-7-8-17-21-22-18(25(17)23-16)13-5-3-4-6-14(13)19/h3-8,12,15H,9-11H2,1-2H3,(H,20,23). The maximum absolute atomic E-state index is 14.1. The Hall–Kier alpha value is -2.58. The number of ether oxygens (including phenoxy) is 1. The van der Waals surface area contributed by atoms with Gasteiger partial charge in [0, 0.05) is 13.1 Å². The van der Waals surface area contributed by atoms with Crippen molar-refractivity contribution in [3.8, 4) is 11.4 Å². The highest BCUT2D eigenvalue weighted by molar-refractivity contribution is 5.60. The molecule has 3 heterocycles. The van der Waals surface area contributed by atoms with Crippen LogP contribution in [-0.2, 0) is 4.74 Å². The Bertz CT molecular complexity index is 914. The molecule has 7 nitrogen and oxygen atoms in total. The smallest absolute Gasteiger partial charge is 0.188 e. The van der Waals surface area contributed by atoms with Crippen LogP contribution in [0.15, 0.2) is 36.4 Å². The Balaban J connectivity index is 1.61. The number of fused-ring (bicyclic) bond motifs is 1. The van der Waals surface area contributed by atoms with E-state index in [2.05, 4.69) is 39.5 Å². The monoisotopic (exact) mass is 356 g/mol. The fraction of sp³-hybridized carbons (Fsp3) is 0.389. The van der Waals surface area contributed by atoms with Crippen LogP contribution in [0.5, 0.6) is 0 Å². The Morgan fingerprint density at radius 1 is 1.23 bits per heavy atom. The van der Waals surface area contributed by atoms with E-state index in [9.17, 15) is 4.39 Å². The van der Waals surface area contributed by atoms with Gasteiger partial charge in [-0.05, 0) is 38.2 Å². The summed E-state index contributed by atoms with van der Waals surface area (Å²) < 4.78 is 21.5. The summed E-state index contributed by atoms with van der Waals surface area (Å²) in [5.41, 5.74) is 0.935. The maximum atomic E-state index is 14.1. The first kappa shape index (κ1) is 16.9. The second-order valence-corrected chi connectivity index (χ2v) is 6.60. The van der Waals surface area contributed by atoms with Gasteiger partial charge in [0.1, 0.15) is 11.6 Å². The summed E-state index contributed by atoms with van der Waals surface area (Å²) in [5, 5.41) is 16.1. The number of morpholine rings is 1. The van der Waals surface area contributed by atoms with Crippen LogP contribution in [0.25, 0.3) is 17.0 Å². The number of rotatable bonds is 4. The molecule has 8 heteroatoms. The van der Waals surface area contributed by atoms with E-state index in [1.54, 1.807) is 22.7 Å². The molecule has 0 saturated carbocycles. The van der Waals surface area contributed by atoms with Crippen molar-refractivity contribution in [2.45, 2.75) is 19.1 Å². The van der Waals surface area contributed by atoms with E-state index < -0.39 is 0 Å². The van der Waals surface area contributed by atoms with Gasteiger partial charge in [-0.3, -0.25) is 0 Å². The molecule has 4 rings (SSSR count). The zero-order valence-electron chi connectivity index (χ0n) is 14.8. The lowest BCUT2D eigenvalue weighted by molar-refractivity contribution is -0.0260. The molecule has 1 saturated heterocycles. The van der Waals surface area contributed by atoms with Crippen LogP contribution in [0.1, 0.15) is 6.92 Å². The molecular weight excluding hydrogens is 335 g/mol. The molecule has 0 bridgehead atoms. The van der Waals surface area contributed by atoms with Crippen LogP contribution in [0.3, 0.4) is 0 Å². The summed E-state index contributed by atoms with van der Waals surface area (Å²) in [4.78, 5) is 2.25. The fourth-order valence-corrected chi connectivity index (χ4v) is 3.12. The number of benzene rings is 1. The van der Waals surface area contributed by atoms with E-state index in [0.717, 1.165) is 19.7 Å². The third-order valence-electron chi connectivity index (χ3n) is 4.61. The predicted octanol–water partition coefficient (Wildman–Crippen LogP) is 2.06. The third kappa shape index (κ3) is 3.25. The second kappa shape index (κ2) is 6.97.